The van der Waals surface area contributed by atoms with Crippen LogP contribution in [0.1, 0.15) is 47.9 Å². The molecule has 0 bridgehead atoms. The molecule has 3 aliphatic rings. The third kappa shape index (κ3) is 4.80. The monoisotopic (exact) mass is 438 g/mol. The van der Waals surface area contributed by atoms with E-state index in [1.54, 1.807) is 0 Å². The van der Waals surface area contributed by atoms with Crippen LogP contribution < -0.4 is 4.74 Å². The van der Waals surface area contributed by atoms with Gasteiger partial charge in [-0.25, -0.2) is 0 Å². The summed E-state index contributed by atoms with van der Waals surface area (Å²) in [6, 6.07) is 16.6. The first kappa shape index (κ1) is 21.3. The van der Waals surface area contributed by atoms with Crippen LogP contribution in [-0.2, 0) is 4.74 Å². The summed E-state index contributed by atoms with van der Waals surface area (Å²) in [6.45, 7) is 8.06. The van der Waals surface area contributed by atoms with Crippen LogP contribution in [0.15, 0.2) is 47.4 Å². The van der Waals surface area contributed by atoms with Crippen molar-refractivity contribution < 1.29 is 9.47 Å². The molecule has 3 heterocycles. The second-order valence-electron chi connectivity index (χ2n) is 8.93. The predicted molar refractivity (Wildman–Crippen MR) is 127 cm³/mol. The van der Waals surface area contributed by atoms with E-state index in [1.165, 1.54) is 41.0 Å². The average molecular weight is 439 g/mol. The second kappa shape index (κ2) is 9.95. The van der Waals surface area contributed by atoms with E-state index in [1.807, 2.05) is 11.8 Å². The first-order valence-electron chi connectivity index (χ1n) is 11.8. The van der Waals surface area contributed by atoms with Gasteiger partial charge in [-0.2, -0.15) is 0 Å². The van der Waals surface area contributed by atoms with Crippen LogP contribution in [0, 0.1) is 0 Å². The molecular formula is C26H34N2O2S. The van der Waals surface area contributed by atoms with Crippen molar-refractivity contribution in [2.75, 3.05) is 58.8 Å². The van der Waals surface area contributed by atoms with Crippen molar-refractivity contribution >= 4 is 11.8 Å². The van der Waals surface area contributed by atoms with E-state index in [4.69, 9.17) is 9.47 Å². The number of rotatable bonds is 7. The molecule has 5 heteroatoms. The Bertz CT molecular complexity index is 866. The quantitative estimate of drug-likeness (QED) is 0.457. The summed E-state index contributed by atoms with van der Waals surface area (Å²) in [4.78, 5) is 6.50. The van der Waals surface area contributed by atoms with Gasteiger partial charge in [0.15, 0.2) is 0 Å². The van der Waals surface area contributed by atoms with E-state index in [-0.39, 0.29) is 0 Å². The fourth-order valence-electron chi connectivity index (χ4n) is 5.40. The molecule has 2 saturated heterocycles. The lowest BCUT2D eigenvalue weighted by Gasteiger charge is -2.37. The van der Waals surface area contributed by atoms with Crippen molar-refractivity contribution in [3.05, 3.63) is 59.2 Å². The van der Waals surface area contributed by atoms with Crippen molar-refractivity contribution in [2.24, 2.45) is 0 Å². The number of fused-ring (bicyclic) bond motifs is 3. The molecule has 0 aliphatic carbocycles. The number of hydrogen-bond acceptors (Lipinski definition) is 5. The molecule has 4 nitrogen and oxygen atoms in total. The third-order valence-corrected chi connectivity index (χ3v) is 7.83. The van der Waals surface area contributed by atoms with E-state index in [2.05, 4.69) is 58.5 Å². The van der Waals surface area contributed by atoms with Crippen LogP contribution in [0.4, 0.5) is 0 Å². The summed E-state index contributed by atoms with van der Waals surface area (Å²) in [5.41, 5.74) is 4.43. The van der Waals surface area contributed by atoms with Crippen LogP contribution in [0.25, 0.3) is 0 Å². The Morgan fingerprint density at radius 3 is 2.68 bits per heavy atom. The van der Waals surface area contributed by atoms with E-state index in [9.17, 15) is 0 Å². The molecule has 0 radical (unpaired) electrons. The summed E-state index contributed by atoms with van der Waals surface area (Å²) < 4.78 is 11.6. The van der Waals surface area contributed by atoms with Crippen molar-refractivity contribution in [3.8, 4) is 5.75 Å². The van der Waals surface area contributed by atoms with Gasteiger partial charge in [-0.15, -0.1) is 11.8 Å². The number of benzene rings is 2. The molecule has 2 unspecified atom stereocenters. The normalized spacial score (nSPS) is 24.0. The molecule has 0 spiro atoms. The summed E-state index contributed by atoms with van der Waals surface area (Å²) in [5.74, 6) is 1.49. The molecule has 3 aliphatic heterocycles. The van der Waals surface area contributed by atoms with Crippen molar-refractivity contribution in [1.82, 2.24) is 9.80 Å². The van der Waals surface area contributed by atoms with Gasteiger partial charge in [0.1, 0.15) is 5.75 Å². The molecule has 0 N–H and O–H groups in total. The molecule has 31 heavy (non-hydrogen) atoms. The largest absolute Gasteiger partial charge is 0.494 e. The van der Waals surface area contributed by atoms with Crippen LogP contribution in [-0.4, -0.2) is 68.6 Å². The maximum atomic E-state index is 6.20. The van der Waals surface area contributed by atoms with E-state index < -0.39 is 0 Å². The molecule has 166 valence electrons. The Kier molecular flexibility index (Phi) is 6.84. The van der Waals surface area contributed by atoms with Gasteiger partial charge >= 0.3 is 0 Å². The minimum absolute atomic E-state index is 0.454. The Labute approximate surface area is 190 Å². The van der Waals surface area contributed by atoms with Gasteiger partial charge in [-0.1, -0.05) is 18.2 Å². The zero-order valence-electron chi connectivity index (χ0n) is 18.6. The number of ether oxygens (including phenoxy) is 2. The minimum Gasteiger partial charge on any atom is -0.494 e. The van der Waals surface area contributed by atoms with Crippen molar-refractivity contribution in [2.45, 2.75) is 36.1 Å². The molecule has 0 amide bonds. The molecule has 2 fully saturated rings. The number of hydrogen-bond donors (Lipinski definition) is 0. The lowest BCUT2D eigenvalue weighted by Crippen LogP contribution is -2.37. The Morgan fingerprint density at radius 1 is 1.03 bits per heavy atom. The third-order valence-electron chi connectivity index (χ3n) is 7.08. The van der Waals surface area contributed by atoms with Gasteiger partial charge in [0.25, 0.3) is 0 Å². The van der Waals surface area contributed by atoms with E-state index >= 15 is 0 Å². The molecule has 2 atom stereocenters. The minimum atomic E-state index is 0.454. The summed E-state index contributed by atoms with van der Waals surface area (Å²) in [6.07, 6.45) is 5.78. The van der Waals surface area contributed by atoms with Crippen molar-refractivity contribution in [3.63, 3.8) is 0 Å². The first-order chi connectivity index (χ1) is 15.3. The molecule has 2 aromatic rings. The van der Waals surface area contributed by atoms with E-state index in [0.717, 1.165) is 58.2 Å². The number of morpholine rings is 1. The zero-order chi connectivity index (χ0) is 21.0. The van der Waals surface area contributed by atoms with Gasteiger partial charge in [0.2, 0.25) is 0 Å². The van der Waals surface area contributed by atoms with Gasteiger partial charge in [0.05, 0.1) is 19.8 Å². The summed E-state index contributed by atoms with van der Waals surface area (Å²) in [7, 11) is 0. The molecule has 5 rings (SSSR count). The maximum Gasteiger partial charge on any atom is 0.119 e. The SMILES string of the molecule is CSc1ccc(C2CN3CCCC3c3cc(OCCCN4CCOCC4)ccc32)cc1. The maximum absolute atomic E-state index is 6.20. The van der Waals surface area contributed by atoms with Crippen LogP contribution in [0.5, 0.6) is 5.75 Å². The van der Waals surface area contributed by atoms with Crippen LogP contribution in [0.3, 0.4) is 0 Å². The predicted octanol–water partition coefficient (Wildman–Crippen LogP) is 4.79. The fraction of sp³-hybridized carbons (Fsp3) is 0.538. The average Bonchev–Trinajstić information content (AvgIpc) is 3.31. The Morgan fingerprint density at radius 2 is 1.87 bits per heavy atom. The first-order valence-corrected chi connectivity index (χ1v) is 13.0. The number of thioether (sulfide) groups is 1. The van der Waals surface area contributed by atoms with Crippen LogP contribution in [0.2, 0.25) is 0 Å². The highest BCUT2D eigenvalue weighted by Crippen LogP contribution is 2.45. The zero-order valence-corrected chi connectivity index (χ0v) is 19.4. The molecule has 0 saturated carbocycles. The van der Waals surface area contributed by atoms with E-state index in [0.29, 0.717) is 12.0 Å². The molecule has 0 aromatic heterocycles. The lowest BCUT2D eigenvalue weighted by molar-refractivity contribution is 0.0358. The smallest absolute Gasteiger partial charge is 0.119 e. The van der Waals surface area contributed by atoms with Crippen molar-refractivity contribution in [1.29, 1.82) is 0 Å². The highest BCUT2D eigenvalue weighted by Gasteiger charge is 2.36. The highest BCUT2D eigenvalue weighted by molar-refractivity contribution is 7.98. The second-order valence-corrected chi connectivity index (χ2v) is 9.81. The highest BCUT2D eigenvalue weighted by atomic mass is 32.2. The molecular weight excluding hydrogens is 404 g/mol. The molecule has 2 aromatic carbocycles. The van der Waals surface area contributed by atoms with Gasteiger partial charge in [-0.05, 0) is 73.0 Å². The topological polar surface area (TPSA) is 24.9 Å². The summed E-state index contributed by atoms with van der Waals surface area (Å²) >= 11 is 1.81. The standard InChI is InChI=1S/C26H34N2O2S/c1-31-22-8-5-20(6-9-22)25-19-28-12-2-4-26(28)24-18-21(7-10-23(24)25)30-15-3-11-27-13-16-29-17-14-27/h5-10,18,25-26H,2-4,11-17,19H2,1H3. The Balaban J connectivity index is 1.29. The Hall–Kier alpha value is -1.53. The number of nitrogens with zero attached hydrogens (tertiary/aromatic N) is 2. The van der Waals surface area contributed by atoms with Gasteiger partial charge in [0, 0.05) is 43.0 Å². The van der Waals surface area contributed by atoms with Gasteiger partial charge < -0.3 is 9.47 Å². The van der Waals surface area contributed by atoms with Gasteiger partial charge in [-0.3, -0.25) is 9.80 Å². The summed E-state index contributed by atoms with van der Waals surface area (Å²) in [5, 5.41) is 0. The lowest BCUT2D eigenvalue weighted by atomic mass is 9.81. The fourth-order valence-corrected chi connectivity index (χ4v) is 5.81. The van der Waals surface area contributed by atoms with Crippen LogP contribution >= 0.6 is 11.8 Å².